The Morgan fingerprint density at radius 1 is 0.822 bits per heavy atom. The molecule has 4 rings (SSSR count). The van der Waals surface area contributed by atoms with Crippen molar-refractivity contribution in [2.24, 2.45) is 40.4 Å². The van der Waals surface area contributed by atoms with Crippen LogP contribution < -0.4 is 0 Å². The van der Waals surface area contributed by atoms with Crippen LogP contribution in [-0.4, -0.2) is 40.4 Å². The Balaban J connectivity index is 1.52. The Morgan fingerprint density at radius 3 is 2.04 bits per heavy atom. The molecule has 0 heterocycles. The third-order valence-corrected chi connectivity index (χ3v) is 24.7. The largest absolute Gasteiger partial charge is 0.462 e. The fourth-order valence-electron chi connectivity index (χ4n) is 11.9. The van der Waals surface area contributed by atoms with Gasteiger partial charge in [0.05, 0.1) is 5.60 Å². The molecule has 3 unspecified atom stereocenters. The van der Waals surface area contributed by atoms with Gasteiger partial charge >= 0.3 is 5.97 Å². The van der Waals surface area contributed by atoms with Gasteiger partial charge in [0.15, 0.2) is 16.6 Å². The Kier molecular flexibility index (Phi) is 12.3. The van der Waals surface area contributed by atoms with Gasteiger partial charge in [-0.15, -0.1) is 0 Å². The molecule has 4 aliphatic carbocycles. The van der Waals surface area contributed by atoms with Crippen molar-refractivity contribution >= 4 is 22.6 Å². The minimum atomic E-state index is -1.78. The molecule has 0 aromatic rings. The zero-order chi connectivity index (χ0) is 33.3. The summed E-state index contributed by atoms with van der Waals surface area (Å²) < 4.78 is 20.8. The maximum absolute atomic E-state index is 13.5. The van der Waals surface area contributed by atoms with Crippen LogP contribution in [0.2, 0.25) is 36.3 Å². The molecule has 45 heavy (non-hydrogen) atoms. The van der Waals surface area contributed by atoms with Gasteiger partial charge in [0, 0.05) is 18.4 Å². The van der Waals surface area contributed by atoms with Crippen molar-refractivity contribution in [2.75, 3.05) is 0 Å². The van der Waals surface area contributed by atoms with Crippen LogP contribution in [0.3, 0.4) is 0 Å². The first-order chi connectivity index (χ1) is 21.2. The summed E-state index contributed by atoms with van der Waals surface area (Å²) in [5.41, 5.74) is 0.400. The molecule has 6 heteroatoms. The van der Waals surface area contributed by atoms with E-state index in [0.717, 1.165) is 48.7 Å². The number of hydrogen-bond acceptors (Lipinski definition) is 4. The van der Waals surface area contributed by atoms with Crippen LogP contribution in [-0.2, 0) is 18.4 Å². The SMILES string of the molecule is CC[Si](CC)(CC)OC1C[C@H](C(C)OC(=O)CCC(C)(C)O[Si](CC)(CC)CC)[C@@]2(C)CC[C@H]3[C@@H](CCC4CCCC[C@@]43C)[C@H]12. The number of hydrogen-bond donors (Lipinski definition) is 0. The van der Waals surface area contributed by atoms with Gasteiger partial charge in [0.1, 0.15) is 6.10 Å². The van der Waals surface area contributed by atoms with E-state index in [4.69, 9.17) is 13.6 Å². The number of carbonyl (C=O) groups excluding carboxylic acids is 1. The van der Waals surface area contributed by atoms with E-state index in [1.807, 2.05) is 0 Å². The zero-order valence-corrected chi connectivity index (χ0v) is 33.7. The second-order valence-electron chi connectivity index (χ2n) is 17.4. The highest BCUT2D eigenvalue weighted by Gasteiger charge is 2.64. The van der Waals surface area contributed by atoms with Crippen molar-refractivity contribution in [3.8, 4) is 0 Å². The van der Waals surface area contributed by atoms with Gasteiger partial charge in [-0.1, -0.05) is 68.2 Å². The van der Waals surface area contributed by atoms with Gasteiger partial charge in [0.2, 0.25) is 0 Å². The van der Waals surface area contributed by atoms with Gasteiger partial charge in [0.25, 0.3) is 0 Å². The molecule has 0 radical (unpaired) electrons. The molecule has 4 fully saturated rings. The van der Waals surface area contributed by atoms with Crippen LogP contribution in [0.4, 0.5) is 0 Å². The molecule has 0 aliphatic heterocycles. The predicted molar refractivity (Wildman–Crippen MR) is 194 cm³/mol. The summed E-state index contributed by atoms with van der Waals surface area (Å²) in [6, 6.07) is 7.03. The van der Waals surface area contributed by atoms with Gasteiger partial charge in [-0.05, 0) is 143 Å². The molecular formula is C39H74O4Si2. The van der Waals surface area contributed by atoms with Crippen LogP contribution in [0.25, 0.3) is 0 Å². The Hall–Kier alpha value is -0.176. The van der Waals surface area contributed by atoms with E-state index in [1.54, 1.807) is 0 Å². The molecule has 0 amide bonds. The van der Waals surface area contributed by atoms with E-state index in [-0.39, 0.29) is 23.1 Å². The van der Waals surface area contributed by atoms with Crippen molar-refractivity contribution in [3.63, 3.8) is 0 Å². The number of fused-ring (bicyclic) bond motifs is 5. The Bertz CT molecular complexity index is 960. The summed E-state index contributed by atoms with van der Waals surface area (Å²) in [5, 5.41) is 0. The molecule has 0 aromatic carbocycles. The molecule has 0 N–H and O–H groups in total. The lowest BCUT2D eigenvalue weighted by Crippen LogP contribution is -2.56. The van der Waals surface area contributed by atoms with Crippen molar-refractivity contribution in [2.45, 2.75) is 201 Å². The first kappa shape index (κ1) is 37.6. The summed E-state index contributed by atoms with van der Waals surface area (Å²) in [7, 11) is -3.52. The molecule has 262 valence electrons. The van der Waals surface area contributed by atoms with Crippen LogP contribution in [0.5, 0.6) is 0 Å². The molecule has 0 bridgehead atoms. The number of esters is 1. The van der Waals surface area contributed by atoms with E-state index in [0.29, 0.717) is 29.8 Å². The lowest BCUT2D eigenvalue weighted by atomic mass is 9.44. The number of carbonyl (C=O) groups is 1. The Morgan fingerprint density at radius 2 is 1.44 bits per heavy atom. The van der Waals surface area contributed by atoms with E-state index in [1.165, 1.54) is 69.5 Å². The van der Waals surface area contributed by atoms with Crippen molar-refractivity contribution in [1.82, 2.24) is 0 Å². The molecule has 4 saturated carbocycles. The standard InChI is InChI=1S/C39H74O4Si2/c1-12-44(13-2,14-3)42-34-28-33(29(7)41-35(40)24-26-37(8,9)43-45(15-4,16-5)17-6)39(11)27-23-32-31(36(34)39)22-21-30-20-18-19-25-38(30,32)10/h29-34,36H,12-28H2,1-11H3/t29?,30?,31-,32+,33-,34?,36-,38+,39-/m1/s1. The molecule has 4 aliphatic rings. The van der Waals surface area contributed by atoms with Crippen molar-refractivity contribution in [1.29, 1.82) is 0 Å². The lowest BCUT2D eigenvalue weighted by molar-refractivity contribution is -0.159. The second-order valence-corrected chi connectivity index (χ2v) is 26.8. The van der Waals surface area contributed by atoms with Crippen LogP contribution >= 0.6 is 0 Å². The normalized spacial score (nSPS) is 36.2. The van der Waals surface area contributed by atoms with E-state index >= 15 is 0 Å². The van der Waals surface area contributed by atoms with Gasteiger partial charge < -0.3 is 13.6 Å². The number of ether oxygens (including phenoxy) is 1. The number of rotatable bonds is 15. The van der Waals surface area contributed by atoms with Gasteiger partial charge in [-0.3, -0.25) is 4.79 Å². The highest BCUT2D eigenvalue weighted by Crippen LogP contribution is 2.68. The molecule has 0 spiro atoms. The maximum Gasteiger partial charge on any atom is 0.306 e. The topological polar surface area (TPSA) is 44.8 Å². The highest BCUT2D eigenvalue weighted by atomic mass is 28.4. The maximum atomic E-state index is 13.5. The lowest BCUT2D eigenvalue weighted by Gasteiger charge is -2.61. The quantitative estimate of drug-likeness (QED) is 0.129. The molecule has 9 atom stereocenters. The summed E-state index contributed by atoms with van der Waals surface area (Å²) in [4.78, 5) is 13.5. The molecular weight excluding hydrogens is 589 g/mol. The average Bonchev–Trinajstić information content (AvgIpc) is 3.33. The third-order valence-electron chi connectivity index (χ3n) is 15.2. The van der Waals surface area contributed by atoms with Crippen LogP contribution in [0, 0.1) is 40.4 Å². The predicted octanol–water partition coefficient (Wildman–Crippen LogP) is 11.5. The molecule has 0 aromatic heterocycles. The summed E-state index contributed by atoms with van der Waals surface area (Å²) in [5.74, 6) is 3.46. The summed E-state index contributed by atoms with van der Waals surface area (Å²) in [6.07, 6.45) is 13.7. The fraction of sp³-hybridized carbons (Fsp3) is 0.974. The fourth-order valence-corrected chi connectivity index (χ4v) is 18.0. The van der Waals surface area contributed by atoms with Gasteiger partial charge in [-0.25, -0.2) is 0 Å². The Labute approximate surface area is 281 Å². The molecule has 0 saturated heterocycles. The zero-order valence-electron chi connectivity index (χ0n) is 31.7. The monoisotopic (exact) mass is 663 g/mol. The summed E-state index contributed by atoms with van der Waals surface area (Å²) >= 11 is 0. The minimum absolute atomic E-state index is 0.0382. The highest BCUT2D eigenvalue weighted by molar-refractivity contribution is 6.74. The van der Waals surface area contributed by atoms with E-state index < -0.39 is 16.6 Å². The first-order valence-electron chi connectivity index (χ1n) is 19.8. The van der Waals surface area contributed by atoms with Gasteiger partial charge in [-0.2, -0.15) is 0 Å². The van der Waals surface area contributed by atoms with E-state index in [9.17, 15) is 4.79 Å². The first-order valence-corrected chi connectivity index (χ1v) is 24.8. The third kappa shape index (κ3) is 7.39. The van der Waals surface area contributed by atoms with Crippen LogP contribution in [0.15, 0.2) is 0 Å². The van der Waals surface area contributed by atoms with E-state index in [2.05, 4.69) is 76.2 Å². The molecule has 4 nitrogen and oxygen atoms in total. The summed E-state index contributed by atoms with van der Waals surface area (Å²) in [6.45, 7) is 25.8. The van der Waals surface area contributed by atoms with Crippen molar-refractivity contribution in [3.05, 3.63) is 0 Å². The van der Waals surface area contributed by atoms with Crippen LogP contribution in [0.1, 0.15) is 147 Å². The van der Waals surface area contributed by atoms with Crippen molar-refractivity contribution < 1.29 is 18.4 Å². The smallest absolute Gasteiger partial charge is 0.306 e. The average molecular weight is 663 g/mol. The second kappa shape index (κ2) is 14.7. The minimum Gasteiger partial charge on any atom is -0.462 e.